The molecule has 0 fully saturated rings. The van der Waals surface area contributed by atoms with Crippen LogP contribution in [-0.2, 0) is 23.8 Å². The van der Waals surface area contributed by atoms with E-state index < -0.39 is 17.7 Å². The van der Waals surface area contributed by atoms with Crippen LogP contribution in [0.5, 0.6) is 0 Å². The zero-order chi connectivity index (χ0) is 15.6. The summed E-state index contributed by atoms with van der Waals surface area (Å²) >= 11 is 0. The average molecular weight is 300 g/mol. The summed E-state index contributed by atoms with van der Waals surface area (Å²) in [7, 11) is 0. The second kappa shape index (κ2) is 5.75. The maximum Gasteiger partial charge on any atom is 0.418 e. The number of carbonyl (C=O) groups is 1. The molecule has 0 heterocycles. The first-order valence-corrected chi connectivity index (χ1v) is 6.55. The van der Waals surface area contributed by atoms with Crippen LogP contribution < -0.4 is 5.43 Å². The number of rotatable bonds is 3. The third-order valence-electron chi connectivity index (χ3n) is 3.44. The second-order valence-corrected chi connectivity index (χ2v) is 4.99. The van der Waals surface area contributed by atoms with Gasteiger partial charge in [-0.05, 0) is 55.9 Å². The molecule has 0 unspecified atom stereocenters. The van der Waals surface area contributed by atoms with E-state index in [1.807, 2.05) is 0 Å². The first-order chi connectivity index (χ1) is 9.79. The molecule has 2 rings (SSSR count). The van der Waals surface area contributed by atoms with Crippen LogP contribution in [0.1, 0.15) is 36.5 Å². The van der Waals surface area contributed by atoms with Crippen molar-refractivity contribution in [1.82, 2.24) is 0 Å². The van der Waals surface area contributed by atoms with E-state index in [2.05, 4.69) is 10.5 Å². The second-order valence-electron chi connectivity index (χ2n) is 4.99. The van der Waals surface area contributed by atoms with Gasteiger partial charge >= 0.3 is 12.1 Å². The Morgan fingerprint density at radius 1 is 1.24 bits per heavy atom. The number of aryl methyl sites for hydroxylation is 2. The normalized spacial score (nSPS) is 15.5. The summed E-state index contributed by atoms with van der Waals surface area (Å²) < 4.78 is 39.3. The predicted octanol–water partition coefficient (Wildman–Crippen LogP) is 3.46. The minimum atomic E-state index is -4.51. The molecule has 4 nitrogen and oxygen atoms in total. The molecule has 1 aliphatic carbocycles. The highest BCUT2D eigenvalue weighted by Crippen LogP contribution is 2.38. The standard InChI is InChI=1S/C14H15F3N2O2/c1-8(13(20)21)18-19-12-7-10-5-3-2-4-9(10)6-11(12)14(15,16)17/h6-7,19H,2-5H2,1H3,(H,20,21)/b18-8+. The number of hydrogen-bond donors (Lipinski definition) is 2. The number of aliphatic carboxylic acids is 1. The maximum atomic E-state index is 13.1. The molecule has 0 aliphatic heterocycles. The fourth-order valence-electron chi connectivity index (χ4n) is 2.30. The molecular weight excluding hydrogens is 285 g/mol. The lowest BCUT2D eigenvalue weighted by Gasteiger charge is -2.20. The summed E-state index contributed by atoms with van der Waals surface area (Å²) in [6.45, 7) is 1.21. The molecule has 0 aromatic heterocycles. The van der Waals surface area contributed by atoms with Gasteiger partial charge < -0.3 is 5.11 Å². The minimum absolute atomic E-state index is 0.205. The Morgan fingerprint density at radius 2 is 1.81 bits per heavy atom. The van der Waals surface area contributed by atoms with Crippen molar-refractivity contribution in [3.05, 3.63) is 28.8 Å². The molecule has 21 heavy (non-hydrogen) atoms. The van der Waals surface area contributed by atoms with E-state index in [4.69, 9.17) is 5.11 Å². The molecule has 0 saturated heterocycles. The fraction of sp³-hybridized carbons (Fsp3) is 0.429. The van der Waals surface area contributed by atoms with Crippen molar-refractivity contribution in [3.8, 4) is 0 Å². The summed E-state index contributed by atoms with van der Waals surface area (Å²) in [6, 6.07) is 2.57. The van der Waals surface area contributed by atoms with Crippen LogP contribution in [0.15, 0.2) is 17.2 Å². The Hall–Kier alpha value is -2.05. The molecule has 114 valence electrons. The number of hydrazone groups is 1. The summed E-state index contributed by atoms with van der Waals surface area (Å²) in [5.74, 6) is -1.28. The SMILES string of the molecule is C/C(=N\Nc1cc2c(cc1C(F)(F)F)CCCC2)C(=O)O. The van der Waals surface area contributed by atoms with Crippen LogP contribution >= 0.6 is 0 Å². The highest BCUT2D eigenvalue weighted by molar-refractivity contribution is 6.34. The van der Waals surface area contributed by atoms with Crippen LogP contribution in [0.4, 0.5) is 18.9 Å². The van der Waals surface area contributed by atoms with Gasteiger partial charge in [0.15, 0.2) is 0 Å². The number of halogens is 3. The Morgan fingerprint density at radius 3 is 2.33 bits per heavy atom. The van der Waals surface area contributed by atoms with Gasteiger partial charge in [0.25, 0.3) is 0 Å². The lowest BCUT2D eigenvalue weighted by Crippen LogP contribution is -2.15. The van der Waals surface area contributed by atoms with E-state index in [-0.39, 0.29) is 11.4 Å². The smallest absolute Gasteiger partial charge is 0.418 e. The summed E-state index contributed by atoms with van der Waals surface area (Å²) in [5, 5.41) is 12.2. The predicted molar refractivity (Wildman–Crippen MR) is 72.5 cm³/mol. The monoisotopic (exact) mass is 300 g/mol. The largest absolute Gasteiger partial charge is 0.477 e. The molecule has 7 heteroatoms. The Kier molecular flexibility index (Phi) is 4.20. The molecule has 0 atom stereocenters. The summed E-state index contributed by atoms with van der Waals surface area (Å²) in [4.78, 5) is 10.6. The van der Waals surface area contributed by atoms with Gasteiger partial charge in [0, 0.05) is 0 Å². The van der Waals surface area contributed by atoms with Crippen LogP contribution in [0.2, 0.25) is 0 Å². The van der Waals surface area contributed by atoms with Gasteiger partial charge in [0.2, 0.25) is 0 Å². The Labute approximate surface area is 119 Å². The third-order valence-corrected chi connectivity index (χ3v) is 3.44. The van der Waals surface area contributed by atoms with Gasteiger partial charge in [-0.1, -0.05) is 0 Å². The number of alkyl halides is 3. The van der Waals surface area contributed by atoms with Crippen molar-refractivity contribution in [2.24, 2.45) is 5.10 Å². The summed E-state index contributed by atoms with van der Waals surface area (Å²) in [6.07, 6.45) is -1.33. The van der Waals surface area contributed by atoms with Gasteiger partial charge in [0.1, 0.15) is 5.71 Å². The van der Waals surface area contributed by atoms with E-state index in [1.165, 1.54) is 13.0 Å². The van der Waals surface area contributed by atoms with Crippen LogP contribution in [0.3, 0.4) is 0 Å². The highest BCUT2D eigenvalue weighted by Gasteiger charge is 2.34. The number of carboxylic acid groups (broad SMARTS) is 1. The van der Waals surface area contributed by atoms with E-state index in [0.717, 1.165) is 30.9 Å². The molecule has 1 aliphatic rings. The zero-order valence-corrected chi connectivity index (χ0v) is 11.4. The first kappa shape index (κ1) is 15.3. The van der Waals surface area contributed by atoms with Crippen molar-refractivity contribution in [3.63, 3.8) is 0 Å². The number of carboxylic acids is 1. The topological polar surface area (TPSA) is 61.7 Å². The van der Waals surface area contributed by atoms with Gasteiger partial charge in [-0.3, -0.25) is 5.43 Å². The van der Waals surface area contributed by atoms with E-state index in [9.17, 15) is 18.0 Å². The number of nitrogens with one attached hydrogen (secondary N) is 1. The molecule has 0 spiro atoms. The number of hydrogen-bond acceptors (Lipinski definition) is 3. The van der Waals surface area contributed by atoms with Gasteiger partial charge in [-0.25, -0.2) is 4.79 Å². The molecule has 2 N–H and O–H groups in total. The van der Waals surface area contributed by atoms with Crippen molar-refractivity contribution < 1.29 is 23.1 Å². The average Bonchev–Trinajstić information content (AvgIpc) is 2.42. The van der Waals surface area contributed by atoms with Crippen molar-refractivity contribution in [1.29, 1.82) is 0 Å². The lowest BCUT2D eigenvalue weighted by molar-refractivity contribution is -0.137. The Balaban J connectivity index is 2.42. The zero-order valence-electron chi connectivity index (χ0n) is 11.4. The van der Waals surface area contributed by atoms with Crippen molar-refractivity contribution >= 4 is 17.4 Å². The van der Waals surface area contributed by atoms with Gasteiger partial charge in [-0.2, -0.15) is 18.3 Å². The quantitative estimate of drug-likeness (QED) is 0.664. The van der Waals surface area contributed by atoms with E-state index in [1.54, 1.807) is 0 Å². The molecule has 0 bridgehead atoms. The molecule has 0 radical (unpaired) electrons. The van der Waals surface area contributed by atoms with Crippen LogP contribution in [-0.4, -0.2) is 16.8 Å². The number of anilines is 1. The highest BCUT2D eigenvalue weighted by atomic mass is 19.4. The van der Waals surface area contributed by atoms with Gasteiger partial charge in [-0.15, -0.1) is 0 Å². The van der Waals surface area contributed by atoms with Crippen molar-refractivity contribution in [2.45, 2.75) is 38.8 Å². The number of benzene rings is 1. The molecule has 0 amide bonds. The molecular formula is C14H15F3N2O2. The molecule has 0 saturated carbocycles. The third kappa shape index (κ3) is 3.53. The first-order valence-electron chi connectivity index (χ1n) is 6.55. The van der Waals surface area contributed by atoms with E-state index in [0.29, 0.717) is 12.0 Å². The van der Waals surface area contributed by atoms with E-state index >= 15 is 0 Å². The number of fused-ring (bicyclic) bond motifs is 1. The maximum absolute atomic E-state index is 13.1. The minimum Gasteiger partial charge on any atom is -0.477 e. The molecule has 1 aromatic carbocycles. The lowest BCUT2D eigenvalue weighted by atomic mass is 9.89. The summed E-state index contributed by atoms with van der Waals surface area (Å²) in [5.41, 5.74) is 2.48. The van der Waals surface area contributed by atoms with Crippen molar-refractivity contribution in [2.75, 3.05) is 5.43 Å². The Bertz CT molecular complexity index is 595. The fourth-order valence-corrected chi connectivity index (χ4v) is 2.30. The van der Waals surface area contributed by atoms with Gasteiger partial charge in [0.05, 0.1) is 11.3 Å². The van der Waals surface area contributed by atoms with Crippen LogP contribution in [0, 0.1) is 0 Å². The molecule has 1 aromatic rings. The number of nitrogens with zero attached hydrogens (tertiary/aromatic N) is 1. The van der Waals surface area contributed by atoms with Crippen LogP contribution in [0.25, 0.3) is 0 Å².